The highest BCUT2D eigenvalue weighted by Crippen LogP contribution is 2.33. The number of ether oxygens (including phenoxy) is 1. The first-order chi connectivity index (χ1) is 15.5. The van der Waals surface area contributed by atoms with Gasteiger partial charge in [-0.15, -0.1) is 16.8 Å². The number of benzene rings is 2. The van der Waals surface area contributed by atoms with Crippen LogP contribution in [0.2, 0.25) is 0 Å². The van der Waals surface area contributed by atoms with Gasteiger partial charge in [0.05, 0.1) is 12.7 Å². The SMILES string of the molecule is C=CCn1c(SCc2cc(=O)oc3cc(O)c(CC)cc23)nnc1-c1ccccc1OC. The van der Waals surface area contributed by atoms with Gasteiger partial charge in [0.1, 0.15) is 17.1 Å². The lowest BCUT2D eigenvalue weighted by molar-refractivity contribution is 0.416. The van der Waals surface area contributed by atoms with Gasteiger partial charge in [0, 0.05) is 29.8 Å². The van der Waals surface area contributed by atoms with Crippen LogP contribution in [0.15, 0.2) is 69.5 Å². The van der Waals surface area contributed by atoms with E-state index in [9.17, 15) is 9.90 Å². The van der Waals surface area contributed by atoms with Gasteiger partial charge in [-0.3, -0.25) is 4.57 Å². The fraction of sp³-hybridized carbons (Fsp3) is 0.208. The molecular formula is C24H23N3O4S. The molecule has 2 aromatic carbocycles. The first-order valence-electron chi connectivity index (χ1n) is 10.1. The maximum Gasteiger partial charge on any atom is 0.336 e. The number of thioether (sulfide) groups is 1. The van der Waals surface area contributed by atoms with Crippen LogP contribution in [0.5, 0.6) is 11.5 Å². The van der Waals surface area contributed by atoms with Crippen molar-refractivity contribution in [3.05, 3.63) is 76.7 Å². The number of fused-ring (bicyclic) bond motifs is 1. The quantitative estimate of drug-likeness (QED) is 0.235. The van der Waals surface area contributed by atoms with Crippen molar-refractivity contribution in [2.45, 2.75) is 30.8 Å². The molecule has 2 aromatic heterocycles. The van der Waals surface area contributed by atoms with Crippen LogP contribution < -0.4 is 10.4 Å². The van der Waals surface area contributed by atoms with Gasteiger partial charge >= 0.3 is 5.63 Å². The second kappa shape index (κ2) is 9.32. The molecule has 2 heterocycles. The molecule has 4 aromatic rings. The molecule has 7 nitrogen and oxygen atoms in total. The van der Waals surface area contributed by atoms with E-state index in [4.69, 9.17) is 9.15 Å². The second-order valence-corrected chi connectivity index (χ2v) is 8.06. The summed E-state index contributed by atoms with van der Waals surface area (Å²) in [5.41, 5.74) is 2.35. The third-order valence-electron chi connectivity index (χ3n) is 5.14. The van der Waals surface area contributed by atoms with Gasteiger partial charge in [-0.05, 0) is 35.7 Å². The van der Waals surface area contributed by atoms with E-state index in [1.165, 1.54) is 23.9 Å². The number of aryl methyl sites for hydroxylation is 1. The zero-order chi connectivity index (χ0) is 22.7. The predicted molar refractivity (Wildman–Crippen MR) is 125 cm³/mol. The Morgan fingerprint density at radius 1 is 1.22 bits per heavy atom. The van der Waals surface area contributed by atoms with Crippen LogP contribution in [-0.4, -0.2) is 27.0 Å². The third-order valence-corrected chi connectivity index (χ3v) is 6.16. The van der Waals surface area contributed by atoms with Crippen molar-refractivity contribution in [1.29, 1.82) is 0 Å². The fourth-order valence-corrected chi connectivity index (χ4v) is 4.51. The summed E-state index contributed by atoms with van der Waals surface area (Å²) >= 11 is 1.47. The van der Waals surface area contributed by atoms with Gasteiger partial charge in [0.15, 0.2) is 11.0 Å². The Morgan fingerprint density at radius 3 is 2.78 bits per heavy atom. The highest BCUT2D eigenvalue weighted by atomic mass is 32.2. The molecule has 0 fully saturated rings. The number of aromatic nitrogens is 3. The average molecular weight is 450 g/mol. The number of methoxy groups -OCH3 is 1. The van der Waals surface area contributed by atoms with Gasteiger partial charge in [-0.1, -0.05) is 36.9 Å². The average Bonchev–Trinajstić information content (AvgIpc) is 3.19. The van der Waals surface area contributed by atoms with Crippen molar-refractivity contribution in [3.63, 3.8) is 0 Å². The van der Waals surface area contributed by atoms with Crippen LogP contribution in [0, 0.1) is 0 Å². The maximum atomic E-state index is 12.1. The molecule has 0 unspecified atom stereocenters. The number of hydrogen-bond donors (Lipinski definition) is 1. The summed E-state index contributed by atoms with van der Waals surface area (Å²) < 4.78 is 12.7. The van der Waals surface area contributed by atoms with E-state index in [-0.39, 0.29) is 5.75 Å². The van der Waals surface area contributed by atoms with E-state index in [1.807, 2.05) is 41.8 Å². The van der Waals surface area contributed by atoms with Crippen molar-refractivity contribution in [3.8, 4) is 22.9 Å². The predicted octanol–water partition coefficient (Wildman–Crippen LogP) is 4.81. The van der Waals surface area contributed by atoms with Gasteiger partial charge < -0.3 is 14.3 Å². The summed E-state index contributed by atoms with van der Waals surface area (Å²) in [5, 5.41) is 20.4. The zero-order valence-electron chi connectivity index (χ0n) is 17.9. The molecule has 0 aliphatic heterocycles. The van der Waals surface area contributed by atoms with Crippen LogP contribution in [0.3, 0.4) is 0 Å². The molecule has 0 saturated carbocycles. The van der Waals surface area contributed by atoms with E-state index < -0.39 is 5.63 Å². The summed E-state index contributed by atoms with van der Waals surface area (Å²) in [6.07, 6.45) is 2.46. The van der Waals surface area contributed by atoms with Crippen LogP contribution in [0.1, 0.15) is 18.1 Å². The maximum absolute atomic E-state index is 12.1. The van der Waals surface area contributed by atoms with Crippen molar-refractivity contribution in [1.82, 2.24) is 14.8 Å². The molecule has 0 bridgehead atoms. The van der Waals surface area contributed by atoms with Crippen molar-refractivity contribution >= 4 is 22.7 Å². The van der Waals surface area contributed by atoms with Crippen LogP contribution >= 0.6 is 11.8 Å². The monoisotopic (exact) mass is 449 g/mol. The van der Waals surface area contributed by atoms with Crippen molar-refractivity contribution in [2.75, 3.05) is 7.11 Å². The molecule has 164 valence electrons. The summed E-state index contributed by atoms with van der Waals surface area (Å²) in [6, 6.07) is 12.5. The smallest absolute Gasteiger partial charge is 0.336 e. The van der Waals surface area contributed by atoms with E-state index >= 15 is 0 Å². The highest BCUT2D eigenvalue weighted by Gasteiger charge is 2.18. The fourth-order valence-electron chi connectivity index (χ4n) is 3.57. The third kappa shape index (κ3) is 4.13. The Hall–Kier alpha value is -3.52. The van der Waals surface area contributed by atoms with E-state index in [0.29, 0.717) is 41.0 Å². The zero-order valence-corrected chi connectivity index (χ0v) is 18.7. The highest BCUT2D eigenvalue weighted by molar-refractivity contribution is 7.98. The molecule has 0 aliphatic rings. The number of hydrogen-bond acceptors (Lipinski definition) is 7. The minimum Gasteiger partial charge on any atom is -0.508 e. The van der Waals surface area contributed by atoms with Crippen LogP contribution in [0.25, 0.3) is 22.4 Å². The number of aromatic hydroxyl groups is 1. The largest absolute Gasteiger partial charge is 0.508 e. The normalized spacial score (nSPS) is 11.1. The van der Waals surface area contributed by atoms with Crippen LogP contribution in [-0.2, 0) is 18.7 Å². The number of phenolic OH excluding ortho intramolecular Hbond substituents is 1. The Labute approximate surface area is 189 Å². The standard InChI is InChI=1S/C24H23N3O4S/c1-4-10-27-23(17-8-6-7-9-20(17)30-3)25-26-24(27)32-14-16-12-22(29)31-21-13-19(28)15(5-2)11-18(16)21/h4,6-9,11-13,28H,1,5,10,14H2,2-3H3. The number of rotatable bonds is 8. The molecule has 8 heteroatoms. The minimum atomic E-state index is -0.459. The van der Waals surface area contributed by atoms with E-state index in [2.05, 4.69) is 16.8 Å². The molecule has 4 rings (SSSR count). The first-order valence-corrected chi connectivity index (χ1v) is 11.1. The first kappa shape index (κ1) is 21.7. The summed E-state index contributed by atoms with van der Waals surface area (Å²) in [4.78, 5) is 12.1. The Morgan fingerprint density at radius 2 is 2.03 bits per heavy atom. The minimum absolute atomic E-state index is 0.125. The van der Waals surface area contributed by atoms with Gasteiger partial charge in [0.25, 0.3) is 0 Å². The van der Waals surface area contributed by atoms with Crippen LogP contribution in [0.4, 0.5) is 0 Å². The topological polar surface area (TPSA) is 90.4 Å². The van der Waals surface area contributed by atoms with Gasteiger partial charge in [0.2, 0.25) is 0 Å². The lowest BCUT2D eigenvalue weighted by Crippen LogP contribution is -2.03. The van der Waals surface area contributed by atoms with E-state index in [1.54, 1.807) is 13.2 Å². The molecule has 0 radical (unpaired) electrons. The Kier molecular flexibility index (Phi) is 6.32. The second-order valence-electron chi connectivity index (χ2n) is 7.12. The molecule has 0 atom stereocenters. The summed E-state index contributed by atoms with van der Waals surface area (Å²) in [7, 11) is 1.62. The Bertz CT molecular complexity index is 1340. The molecule has 32 heavy (non-hydrogen) atoms. The Balaban J connectivity index is 1.72. The van der Waals surface area contributed by atoms with Crippen molar-refractivity contribution in [2.24, 2.45) is 0 Å². The summed E-state index contributed by atoms with van der Waals surface area (Å²) in [5.74, 6) is 2.00. The molecule has 0 amide bonds. The van der Waals surface area contributed by atoms with Gasteiger partial charge in [-0.2, -0.15) is 0 Å². The molecule has 0 saturated heterocycles. The lowest BCUT2D eigenvalue weighted by atomic mass is 10.1. The van der Waals surface area contributed by atoms with Gasteiger partial charge in [-0.25, -0.2) is 4.79 Å². The molecular weight excluding hydrogens is 426 g/mol. The van der Waals surface area contributed by atoms with E-state index in [0.717, 1.165) is 22.1 Å². The summed E-state index contributed by atoms with van der Waals surface area (Å²) in [6.45, 7) is 6.34. The van der Waals surface area contributed by atoms with Crippen molar-refractivity contribution < 1.29 is 14.3 Å². The molecule has 0 spiro atoms. The molecule has 0 aliphatic carbocycles. The number of phenols is 1. The molecule has 1 N–H and O–H groups in total. The number of nitrogens with zero attached hydrogens (tertiary/aromatic N) is 3. The number of allylic oxidation sites excluding steroid dienone is 1. The lowest BCUT2D eigenvalue weighted by Gasteiger charge is -2.11. The number of para-hydroxylation sites is 1.